The summed E-state index contributed by atoms with van der Waals surface area (Å²) in [6, 6.07) is 0. The molecule has 0 aliphatic heterocycles. The molecule has 0 saturated heterocycles. The van der Waals surface area contributed by atoms with Crippen molar-refractivity contribution in [3.05, 3.63) is 0 Å². The molecule has 19 heavy (non-hydrogen) atoms. The summed E-state index contributed by atoms with van der Waals surface area (Å²) >= 11 is 0. The summed E-state index contributed by atoms with van der Waals surface area (Å²) in [5, 5.41) is 3.18. The maximum absolute atomic E-state index is 5.73. The summed E-state index contributed by atoms with van der Waals surface area (Å²) in [7, 11) is 2.07. The summed E-state index contributed by atoms with van der Waals surface area (Å²) in [6.45, 7) is 10.7. The molecule has 0 amide bonds. The Morgan fingerprint density at radius 2 is 1.74 bits per heavy atom. The number of nitrogens with zero attached hydrogens (tertiary/aromatic N) is 5. The number of likely N-dealkylation sites (N-methyl/N-ethyl adjacent to an activating group) is 1. The third-order valence-electron chi connectivity index (χ3n) is 3.00. The molecule has 0 atom stereocenters. The van der Waals surface area contributed by atoms with Gasteiger partial charge in [0.05, 0.1) is 0 Å². The predicted molar refractivity (Wildman–Crippen MR) is 79.5 cm³/mol. The quantitative estimate of drug-likeness (QED) is 0.716. The molecule has 7 nitrogen and oxygen atoms in total. The van der Waals surface area contributed by atoms with Crippen LogP contribution in [0.3, 0.4) is 0 Å². The van der Waals surface area contributed by atoms with Crippen LogP contribution in [0.4, 0.5) is 17.8 Å². The molecule has 1 rings (SSSR count). The highest BCUT2D eigenvalue weighted by Gasteiger charge is 2.09. The van der Waals surface area contributed by atoms with Crippen molar-refractivity contribution in [1.82, 2.24) is 19.9 Å². The number of nitrogens with one attached hydrogen (secondary N) is 1. The van der Waals surface area contributed by atoms with E-state index in [0.29, 0.717) is 11.9 Å². The average Bonchev–Trinajstić information content (AvgIpc) is 2.39. The Kier molecular flexibility index (Phi) is 6.27. The molecule has 0 unspecified atom stereocenters. The first kappa shape index (κ1) is 15.4. The summed E-state index contributed by atoms with van der Waals surface area (Å²) in [4.78, 5) is 16.9. The molecule has 1 heterocycles. The molecular formula is C12H25N7. The minimum absolute atomic E-state index is 0.253. The van der Waals surface area contributed by atoms with Crippen molar-refractivity contribution < 1.29 is 0 Å². The summed E-state index contributed by atoms with van der Waals surface area (Å²) < 4.78 is 0. The lowest BCUT2D eigenvalue weighted by molar-refractivity contribution is 0.367. The molecule has 0 aliphatic carbocycles. The van der Waals surface area contributed by atoms with Gasteiger partial charge in [0.15, 0.2) is 0 Å². The van der Waals surface area contributed by atoms with Gasteiger partial charge in [0.2, 0.25) is 17.8 Å². The zero-order valence-corrected chi connectivity index (χ0v) is 12.3. The highest BCUT2D eigenvalue weighted by Crippen LogP contribution is 2.11. The Bertz CT molecular complexity index is 378. The van der Waals surface area contributed by atoms with Gasteiger partial charge >= 0.3 is 0 Å². The molecule has 0 spiro atoms. The standard InChI is InChI=1S/C12H25N7/c1-5-18(4)9-8-14-11-15-10(13)16-12(17-11)19(6-2)7-3/h5-9H2,1-4H3,(H3,13,14,15,16,17). The second-order valence-electron chi connectivity index (χ2n) is 4.31. The van der Waals surface area contributed by atoms with Crippen LogP contribution < -0.4 is 16.0 Å². The fraction of sp³-hybridized carbons (Fsp3) is 0.750. The van der Waals surface area contributed by atoms with E-state index in [9.17, 15) is 0 Å². The van der Waals surface area contributed by atoms with Gasteiger partial charge in [-0.25, -0.2) is 0 Å². The molecule has 0 aliphatic rings. The second kappa shape index (κ2) is 7.73. The highest BCUT2D eigenvalue weighted by atomic mass is 15.3. The predicted octanol–water partition coefficient (Wildman–Crippen LogP) is 0.664. The van der Waals surface area contributed by atoms with Gasteiger partial charge in [-0.2, -0.15) is 15.0 Å². The van der Waals surface area contributed by atoms with Crippen LogP contribution in [0.1, 0.15) is 20.8 Å². The normalized spacial score (nSPS) is 10.8. The second-order valence-corrected chi connectivity index (χ2v) is 4.31. The topological polar surface area (TPSA) is 83.2 Å². The van der Waals surface area contributed by atoms with Crippen LogP contribution >= 0.6 is 0 Å². The molecule has 3 N–H and O–H groups in total. The van der Waals surface area contributed by atoms with E-state index < -0.39 is 0 Å². The monoisotopic (exact) mass is 267 g/mol. The molecule has 0 aromatic carbocycles. The first-order valence-corrected chi connectivity index (χ1v) is 6.79. The van der Waals surface area contributed by atoms with Gasteiger partial charge in [-0.05, 0) is 27.4 Å². The highest BCUT2D eigenvalue weighted by molar-refractivity contribution is 5.41. The number of hydrogen-bond acceptors (Lipinski definition) is 7. The molecule has 0 fully saturated rings. The van der Waals surface area contributed by atoms with E-state index in [2.05, 4.69) is 53.0 Å². The Morgan fingerprint density at radius 3 is 2.32 bits per heavy atom. The van der Waals surface area contributed by atoms with Gasteiger partial charge in [-0.15, -0.1) is 0 Å². The maximum Gasteiger partial charge on any atom is 0.231 e. The van der Waals surface area contributed by atoms with Gasteiger partial charge in [-0.1, -0.05) is 6.92 Å². The molecule has 0 saturated carbocycles. The number of anilines is 3. The van der Waals surface area contributed by atoms with Crippen molar-refractivity contribution >= 4 is 17.8 Å². The van der Waals surface area contributed by atoms with E-state index in [1.165, 1.54) is 0 Å². The van der Waals surface area contributed by atoms with E-state index in [0.717, 1.165) is 32.7 Å². The third kappa shape index (κ3) is 4.86. The van der Waals surface area contributed by atoms with E-state index >= 15 is 0 Å². The van der Waals surface area contributed by atoms with Crippen molar-refractivity contribution in [3.63, 3.8) is 0 Å². The van der Waals surface area contributed by atoms with Crippen LogP contribution in [0.2, 0.25) is 0 Å². The zero-order chi connectivity index (χ0) is 14.3. The van der Waals surface area contributed by atoms with E-state index in [1.807, 2.05) is 4.90 Å². The molecule has 108 valence electrons. The lowest BCUT2D eigenvalue weighted by Crippen LogP contribution is -2.27. The largest absolute Gasteiger partial charge is 0.368 e. The van der Waals surface area contributed by atoms with Gasteiger partial charge in [-0.3, -0.25) is 0 Å². The number of nitrogen functional groups attached to an aromatic ring is 1. The van der Waals surface area contributed by atoms with E-state index in [-0.39, 0.29) is 5.95 Å². The molecular weight excluding hydrogens is 242 g/mol. The Balaban J connectivity index is 2.68. The number of aromatic nitrogens is 3. The van der Waals surface area contributed by atoms with Gasteiger partial charge in [0.1, 0.15) is 0 Å². The number of nitrogens with two attached hydrogens (primary N) is 1. The summed E-state index contributed by atoms with van der Waals surface area (Å²) in [5.41, 5.74) is 5.73. The molecule has 0 radical (unpaired) electrons. The van der Waals surface area contributed by atoms with Crippen LogP contribution in [0, 0.1) is 0 Å². The fourth-order valence-electron chi connectivity index (χ4n) is 1.62. The molecule has 1 aromatic rings. The lowest BCUT2D eigenvalue weighted by atomic mass is 10.5. The van der Waals surface area contributed by atoms with E-state index in [1.54, 1.807) is 0 Å². The Hall–Kier alpha value is -1.63. The maximum atomic E-state index is 5.73. The summed E-state index contributed by atoms with van der Waals surface area (Å²) in [5.74, 6) is 1.42. The van der Waals surface area contributed by atoms with Gasteiger partial charge < -0.3 is 20.9 Å². The van der Waals surface area contributed by atoms with E-state index in [4.69, 9.17) is 5.73 Å². The van der Waals surface area contributed by atoms with Crippen molar-refractivity contribution in [3.8, 4) is 0 Å². The van der Waals surface area contributed by atoms with Crippen LogP contribution in [0.5, 0.6) is 0 Å². The summed E-state index contributed by atoms with van der Waals surface area (Å²) in [6.07, 6.45) is 0. The van der Waals surface area contributed by atoms with Crippen molar-refractivity contribution in [2.24, 2.45) is 0 Å². The lowest BCUT2D eigenvalue weighted by Gasteiger charge is -2.19. The Morgan fingerprint density at radius 1 is 1.05 bits per heavy atom. The van der Waals surface area contributed by atoms with Crippen molar-refractivity contribution in [1.29, 1.82) is 0 Å². The molecule has 7 heteroatoms. The Labute approximate surface area is 115 Å². The smallest absolute Gasteiger partial charge is 0.231 e. The van der Waals surface area contributed by atoms with Crippen molar-refractivity contribution in [2.75, 3.05) is 55.7 Å². The van der Waals surface area contributed by atoms with Gasteiger partial charge in [0.25, 0.3) is 0 Å². The molecule has 0 bridgehead atoms. The zero-order valence-electron chi connectivity index (χ0n) is 12.3. The fourth-order valence-corrected chi connectivity index (χ4v) is 1.62. The third-order valence-corrected chi connectivity index (χ3v) is 3.00. The van der Waals surface area contributed by atoms with Gasteiger partial charge in [0, 0.05) is 26.2 Å². The first-order valence-electron chi connectivity index (χ1n) is 6.79. The minimum atomic E-state index is 0.253. The number of rotatable bonds is 8. The number of hydrogen-bond donors (Lipinski definition) is 2. The minimum Gasteiger partial charge on any atom is -0.368 e. The van der Waals surface area contributed by atoms with Crippen LogP contribution in [-0.2, 0) is 0 Å². The van der Waals surface area contributed by atoms with Crippen molar-refractivity contribution in [2.45, 2.75) is 20.8 Å². The average molecular weight is 267 g/mol. The first-order chi connectivity index (χ1) is 9.10. The van der Waals surface area contributed by atoms with Crippen LogP contribution in [0.25, 0.3) is 0 Å². The SMILES string of the molecule is CCN(C)CCNc1nc(N)nc(N(CC)CC)n1. The molecule has 1 aromatic heterocycles. The van der Waals surface area contributed by atoms with Crippen LogP contribution in [0.15, 0.2) is 0 Å². The van der Waals surface area contributed by atoms with Crippen LogP contribution in [-0.4, -0.2) is 59.6 Å².